The van der Waals surface area contributed by atoms with E-state index in [1.165, 1.54) is 51.4 Å². The van der Waals surface area contributed by atoms with E-state index in [0.717, 1.165) is 24.2 Å². The zero-order chi connectivity index (χ0) is 20.0. The van der Waals surface area contributed by atoms with Crippen LogP contribution in [0.5, 0.6) is 5.75 Å². The first-order chi connectivity index (χ1) is 13.7. The third-order valence-corrected chi connectivity index (χ3v) is 5.12. The maximum Gasteiger partial charge on any atom is 0.124 e. The van der Waals surface area contributed by atoms with Crippen molar-refractivity contribution < 1.29 is 5.11 Å². The highest BCUT2D eigenvalue weighted by Crippen LogP contribution is 2.25. The summed E-state index contributed by atoms with van der Waals surface area (Å²) in [5.41, 5.74) is 5.57. The highest BCUT2D eigenvalue weighted by molar-refractivity contribution is 6.31. The molecule has 0 saturated carbocycles. The minimum atomic E-state index is 0.217. The van der Waals surface area contributed by atoms with Crippen LogP contribution in [0.4, 0.5) is 5.69 Å². The van der Waals surface area contributed by atoms with Gasteiger partial charge in [-0.2, -0.15) is 5.10 Å². The summed E-state index contributed by atoms with van der Waals surface area (Å²) in [7, 11) is 0. The van der Waals surface area contributed by atoms with E-state index in [1.807, 2.05) is 30.3 Å². The Balaban J connectivity index is 1.89. The molecule has 2 rings (SSSR count). The number of para-hydroxylation sites is 1. The smallest absolute Gasteiger partial charge is 0.124 e. The summed E-state index contributed by atoms with van der Waals surface area (Å²) in [6.07, 6.45) is 12.3. The summed E-state index contributed by atoms with van der Waals surface area (Å²) >= 11 is 6.15. The van der Waals surface area contributed by atoms with Gasteiger partial charge in [0.1, 0.15) is 5.75 Å². The van der Waals surface area contributed by atoms with Gasteiger partial charge in [-0.05, 0) is 43.2 Å². The van der Waals surface area contributed by atoms with E-state index in [4.69, 9.17) is 11.6 Å². The van der Waals surface area contributed by atoms with Crippen LogP contribution < -0.4 is 5.43 Å². The third-order valence-electron chi connectivity index (χ3n) is 4.88. The Labute approximate surface area is 174 Å². The first kappa shape index (κ1) is 22.3. The molecule has 2 aromatic carbocycles. The first-order valence-corrected chi connectivity index (χ1v) is 10.9. The molecule has 0 radical (unpaired) electrons. The number of nitrogens with zero attached hydrogens (tertiary/aromatic N) is 1. The van der Waals surface area contributed by atoms with Crippen molar-refractivity contribution in [1.82, 2.24) is 0 Å². The van der Waals surface area contributed by atoms with E-state index in [-0.39, 0.29) is 5.75 Å². The number of hydrogen-bond acceptors (Lipinski definition) is 3. The SMILES string of the molecule is CCCCCCCCCCC/C(=N/Nc1ccccc1)c1cc(Cl)ccc1O. The summed E-state index contributed by atoms with van der Waals surface area (Å²) in [5.74, 6) is 0.217. The maximum absolute atomic E-state index is 10.3. The van der Waals surface area contributed by atoms with Crippen molar-refractivity contribution in [1.29, 1.82) is 0 Å². The van der Waals surface area contributed by atoms with Crippen molar-refractivity contribution in [3.05, 3.63) is 59.1 Å². The van der Waals surface area contributed by atoms with E-state index in [2.05, 4.69) is 17.5 Å². The lowest BCUT2D eigenvalue weighted by Gasteiger charge is -2.11. The number of anilines is 1. The summed E-state index contributed by atoms with van der Waals surface area (Å²) in [6, 6.07) is 15.0. The highest BCUT2D eigenvalue weighted by Gasteiger charge is 2.10. The Bertz CT molecular complexity index is 716. The van der Waals surface area contributed by atoms with Crippen LogP contribution in [0, 0.1) is 0 Å². The van der Waals surface area contributed by atoms with Gasteiger partial charge < -0.3 is 5.11 Å². The molecule has 2 aromatic rings. The van der Waals surface area contributed by atoms with E-state index < -0.39 is 0 Å². The molecule has 0 spiro atoms. The van der Waals surface area contributed by atoms with Crippen molar-refractivity contribution in [2.75, 3.05) is 5.43 Å². The number of phenolic OH excluding ortho intramolecular Hbond substituents is 1. The number of halogens is 1. The number of unbranched alkanes of at least 4 members (excludes halogenated alkanes) is 8. The molecule has 0 atom stereocenters. The van der Waals surface area contributed by atoms with E-state index in [0.29, 0.717) is 10.6 Å². The second-order valence-corrected chi connectivity index (χ2v) is 7.71. The molecule has 0 fully saturated rings. The van der Waals surface area contributed by atoms with Gasteiger partial charge in [0.2, 0.25) is 0 Å². The molecule has 2 N–H and O–H groups in total. The van der Waals surface area contributed by atoms with Crippen molar-refractivity contribution in [2.45, 2.75) is 71.1 Å². The van der Waals surface area contributed by atoms with Gasteiger partial charge in [-0.1, -0.05) is 88.1 Å². The molecular formula is C24H33ClN2O. The highest BCUT2D eigenvalue weighted by atomic mass is 35.5. The van der Waals surface area contributed by atoms with Gasteiger partial charge in [0.05, 0.1) is 11.4 Å². The topological polar surface area (TPSA) is 44.6 Å². The average Bonchev–Trinajstić information content (AvgIpc) is 2.71. The molecule has 4 heteroatoms. The molecule has 0 saturated heterocycles. The van der Waals surface area contributed by atoms with Gasteiger partial charge in [0.15, 0.2) is 0 Å². The Morgan fingerprint density at radius 2 is 1.54 bits per heavy atom. The number of rotatable bonds is 13. The summed E-state index contributed by atoms with van der Waals surface area (Å²) < 4.78 is 0. The lowest BCUT2D eigenvalue weighted by atomic mass is 10.0. The molecule has 0 unspecified atom stereocenters. The predicted octanol–water partition coefficient (Wildman–Crippen LogP) is 7.78. The third kappa shape index (κ3) is 8.35. The molecule has 0 heterocycles. The van der Waals surface area contributed by atoms with Crippen LogP contribution in [0.2, 0.25) is 5.02 Å². The largest absolute Gasteiger partial charge is 0.507 e. The minimum Gasteiger partial charge on any atom is -0.507 e. The second-order valence-electron chi connectivity index (χ2n) is 7.28. The van der Waals surface area contributed by atoms with Gasteiger partial charge in [-0.3, -0.25) is 5.43 Å². The van der Waals surface area contributed by atoms with E-state index in [1.54, 1.807) is 18.2 Å². The molecule has 0 aliphatic heterocycles. The molecule has 0 aliphatic rings. The number of hydrazone groups is 1. The van der Waals surface area contributed by atoms with E-state index >= 15 is 0 Å². The van der Waals surface area contributed by atoms with Gasteiger partial charge in [0.25, 0.3) is 0 Å². The zero-order valence-electron chi connectivity index (χ0n) is 17.0. The van der Waals surface area contributed by atoms with Crippen LogP contribution in [0.1, 0.15) is 76.7 Å². The summed E-state index contributed by atoms with van der Waals surface area (Å²) in [4.78, 5) is 0. The minimum absolute atomic E-state index is 0.217. The quantitative estimate of drug-likeness (QED) is 0.205. The number of benzene rings is 2. The molecule has 3 nitrogen and oxygen atoms in total. The Morgan fingerprint density at radius 3 is 2.21 bits per heavy atom. The van der Waals surface area contributed by atoms with Gasteiger partial charge in [-0.25, -0.2) is 0 Å². The predicted molar refractivity (Wildman–Crippen MR) is 122 cm³/mol. The number of aromatic hydroxyl groups is 1. The molecule has 0 aliphatic carbocycles. The molecular weight excluding hydrogens is 368 g/mol. The van der Waals surface area contributed by atoms with Crippen LogP contribution in [0.3, 0.4) is 0 Å². The molecule has 28 heavy (non-hydrogen) atoms. The van der Waals surface area contributed by atoms with Crippen LogP contribution in [0.15, 0.2) is 53.6 Å². The van der Waals surface area contributed by atoms with Crippen molar-refractivity contribution in [3.8, 4) is 5.75 Å². The Morgan fingerprint density at radius 1 is 0.893 bits per heavy atom. The second kappa shape index (κ2) is 13.2. The van der Waals surface area contributed by atoms with Crippen LogP contribution in [-0.2, 0) is 0 Å². The lowest BCUT2D eigenvalue weighted by Crippen LogP contribution is -2.05. The number of nitrogens with one attached hydrogen (secondary N) is 1. The molecule has 0 aromatic heterocycles. The Hall–Kier alpha value is -2.00. The molecule has 0 bridgehead atoms. The molecule has 152 valence electrons. The standard InChI is InChI=1S/C24H33ClN2O/c1-2-3-4-5-6-7-8-9-13-16-23(22-19-20(25)17-18-24(22)28)27-26-21-14-11-10-12-15-21/h10-12,14-15,17-19,26,28H,2-9,13,16H2,1H3/b27-23-. The summed E-state index contributed by atoms with van der Waals surface area (Å²) in [5, 5.41) is 15.5. The van der Waals surface area contributed by atoms with Crippen molar-refractivity contribution in [3.63, 3.8) is 0 Å². The maximum atomic E-state index is 10.3. The fourth-order valence-electron chi connectivity index (χ4n) is 3.24. The van der Waals surface area contributed by atoms with Crippen LogP contribution in [-0.4, -0.2) is 10.8 Å². The van der Waals surface area contributed by atoms with Crippen LogP contribution >= 0.6 is 11.6 Å². The lowest BCUT2D eigenvalue weighted by molar-refractivity contribution is 0.474. The first-order valence-electron chi connectivity index (χ1n) is 10.6. The summed E-state index contributed by atoms with van der Waals surface area (Å²) in [6.45, 7) is 2.25. The van der Waals surface area contributed by atoms with Gasteiger partial charge >= 0.3 is 0 Å². The van der Waals surface area contributed by atoms with Gasteiger partial charge in [-0.15, -0.1) is 0 Å². The monoisotopic (exact) mass is 400 g/mol. The number of phenols is 1. The fourth-order valence-corrected chi connectivity index (χ4v) is 3.41. The zero-order valence-corrected chi connectivity index (χ0v) is 17.7. The fraction of sp³-hybridized carbons (Fsp3) is 0.458. The van der Waals surface area contributed by atoms with E-state index in [9.17, 15) is 5.11 Å². The average molecular weight is 401 g/mol. The Kier molecular flexibility index (Phi) is 10.5. The number of hydrogen-bond donors (Lipinski definition) is 2. The van der Waals surface area contributed by atoms with Gasteiger partial charge in [0, 0.05) is 10.6 Å². The normalized spacial score (nSPS) is 11.6. The van der Waals surface area contributed by atoms with Crippen molar-refractivity contribution >= 4 is 23.0 Å². The molecule has 0 amide bonds. The van der Waals surface area contributed by atoms with Crippen molar-refractivity contribution in [2.24, 2.45) is 5.10 Å². The van der Waals surface area contributed by atoms with Crippen LogP contribution in [0.25, 0.3) is 0 Å².